The molecule has 1 aliphatic heterocycles. The van der Waals surface area contributed by atoms with Gasteiger partial charge in [-0.15, -0.1) is 22.7 Å². The highest BCUT2D eigenvalue weighted by atomic mass is 79.9. The van der Waals surface area contributed by atoms with E-state index in [0.717, 1.165) is 40.3 Å². The minimum absolute atomic E-state index is 0.0415. The molecule has 0 aromatic carbocycles. The summed E-state index contributed by atoms with van der Waals surface area (Å²) in [6, 6.07) is 2.31. The van der Waals surface area contributed by atoms with Gasteiger partial charge in [-0.2, -0.15) is 0 Å². The van der Waals surface area contributed by atoms with Gasteiger partial charge in [0, 0.05) is 34.4 Å². The van der Waals surface area contributed by atoms with Crippen LogP contribution in [0.5, 0.6) is 0 Å². The second-order valence-corrected chi connectivity index (χ2v) is 8.80. The Morgan fingerprint density at radius 1 is 1.38 bits per heavy atom. The minimum Gasteiger partial charge on any atom is -0.348 e. The van der Waals surface area contributed by atoms with Gasteiger partial charge in [0.2, 0.25) is 0 Å². The molecule has 1 fully saturated rings. The van der Waals surface area contributed by atoms with Crippen molar-refractivity contribution in [2.75, 3.05) is 19.6 Å². The van der Waals surface area contributed by atoms with E-state index in [1.54, 1.807) is 11.3 Å². The highest BCUT2D eigenvalue weighted by molar-refractivity contribution is 9.10. The lowest BCUT2D eigenvalue weighted by atomic mass is 10.0. The second kappa shape index (κ2) is 8.56. The number of thiophene rings is 1. The number of nitrogens with one attached hydrogen (secondary N) is 1. The molecule has 3 heterocycles. The van der Waals surface area contributed by atoms with Crippen molar-refractivity contribution in [3.8, 4) is 9.88 Å². The molecule has 0 spiro atoms. The molecule has 4 nitrogen and oxygen atoms in total. The third-order valence-electron chi connectivity index (χ3n) is 4.27. The average Bonchev–Trinajstić information content (AvgIpc) is 3.23. The van der Waals surface area contributed by atoms with Crippen molar-refractivity contribution in [3.05, 3.63) is 27.0 Å². The first-order valence-corrected chi connectivity index (χ1v) is 10.9. The lowest BCUT2D eigenvalue weighted by Gasteiger charge is -2.32. The molecule has 0 unspecified atom stereocenters. The van der Waals surface area contributed by atoms with Crippen LogP contribution in [-0.4, -0.2) is 41.5 Å². The molecule has 24 heavy (non-hydrogen) atoms. The Morgan fingerprint density at radius 2 is 2.17 bits per heavy atom. The van der Waals surface area contributed by atoms with Crippen LogP contribution in [0.4, 0.5) is 0 Å². The predicted octanol–water partition coefficient (Wildman–Crippen LogP) is 4.63. The van der Waals surface area contributed by atoms with E-state index in [1.165, 1.54) is 30.7 Å². The van der Waals surface area contributed by atoms with E-state index in [4.69, 9.17) is 0 Å². The summed E-state index contributed by atoms with van der Waals surface area (Å²) in [5.74, 6) is -0.0415. The fourth-order valence-electron chi connectivity index (χ4n) is 2.86. The van der Waals surface area contributed by atoms with E-state index < -0.39 is 0 Å². The van der Waals surface area contributed by atoms with Gasteiger partial charge in [0.1, 0.15) is 10.7 Å². The quantitative estimate of drug-likeness (QED) is 0.730. The Morgan fingerprint density at radius 3 is 2.83 bits per heavy atom. The van der Waals surface area contributed by atoms with Gasteiger partial charge >= 0.3 is 0 Å². The first kappa shape index (κ1) is 18.0. The maximum absolute atomic E-state index is 12.4. The zero-order valence-electron chi connectivity index (χ0n) is 13.8. The zero-order chi connectivity index (χ0) is 16.9. The van der Waals surface area contributed by atoms with Gasteiger partial charge in [-0.25, -0.2) is 4.98 Å². The van der Waals surface area contributed by atoms with Gasteiger partial charge in [0.15, 0.2) is 0 Å². The number of aromatic nitrogens is 1. The maximum Gasteiger partial charge on any atom is 0.270 e. The van der Waals surface area contributed by atoms with Crippen LogP contribution in [0.3, 0.4) is 0 Å². The third-order valence-corrected chi connectivity index (χ3v) is 6.97. The number of likely N-dealkylation sites (tertiary alicyclic amines) is 1. The first-order chi connectivity index (χ1) is 11.7. The molecule has 7 heteroatoms. The van der Waals surface area contributed by atoms with Gasteiger partial charge < -0.3 is 10.2 Å². The van der Waals surface area contributed by atoms with Crippen LogP contribution in [0, 0.1) is 0 Å². The largest absolute Gasteiger partial charge is 0.348 e. The Hall–Kier alpha value is -0.760. The summed E-state index contributed by atoms with van der Waals surface area (Å²) >= 11 is 6.61. The molecule has 130 valence electrons. The monoisotopic (exact) mass is 427 g/mol. The number of rotatable bonds is 6. The number of carbonyl (C=O) groups excluding carboxylic acids is 1. The smallest absolute Gasteiger partial charge is 0.270 e. The molecule has 3 rings (SSSR count). The Bertz CT molecular complexity index is 677. The molecule has 2 aromatic heterocycles. The lowest BCUT2D eigenvalue weighted by molar-refractivity contribution is 0.0906. The van der Waals surface area contributed by atoms with Crippen LogP contribution in [0.1, 0.15) is 43.1 Å². The normalized spacial score (nSPS) is 16.4. The summed E-state index contributed by atoms with van der Waals surface area (Å²) in [4.78, 5) is 20.5. The van der Waals surface area contributed by atoms with Gasteiger partial charge in [-0.05, 0) is 47.8 Å². The number of nitrogens with zero attached hydrogens (tertiary/aromatic N) is 2. The van der Waals surface area contributed by atoms with Crippen LogP contribution in [0.2, 0.25) is 0 Å². The Labute approximate surface area is 159 Å². The molecule has 2 aromatic rings. The third kappa shape index (κ3) is 4.65. The molecule has 0 aliphatic carbocycles. The van der Waals surface area contributed by atoms with Crippen molar-refractivity contribution in [3.63, 3.8) is 0 Å². The fraction of sp³-hybridized carbons (Fsp3) is 0.529. The lowest BCUT2D eigenvalue weighted by Crippen LogP contribution is -2.44. The standard InChI is InChI=1S/C17H22BrN3OS2/c1-2-3-6-21-7-4-13(5-8-21)19-16(22)14-11-24-17(20-14)15-9-12(18)10-23-15/h9-11,13H,2-8H2,1H3,(H,19,22). The minimum atomic E-state index is -0.0415. The van der Waals surface area contributed by atoms with E-state index >= 15 is 0 Å². The summed E-state index contributed by atoms with van der Waals surface area (Å²) in [7, 11) is 0. The van der Waals surface area contributed by atoms with Gasteiger partial charge in [0.25, 0.3) is 5.91 Å². The first-order valence-electron chi connectivity index (χ1n) is 8.39. The molecule has 1 saturated heterocycles. The van der Waals surface area contributed by atoms with E-state index in [0.29, 0.717) is 5.69 Å². The van der Waals surface area contributed by atoms with Gasteiger partial charge in [-0.1, -0.05) is 13.3 Å². The SMILES string of the molecule is CCCCN1CCC(NC(=O)c2csc(-c3cc(Br)cs3)n2)CC1. The second-order valence-electron chi connectivity index (χ2n) is 6.11. The highest BCUT2D eigenvalue weighted by Gasteiger charge is 2.22. The summed E-state index contributed by atoms with van der Waals surface area (Å²) in [6.07, 6.45) is 4.57. The predicted molar refractivity (Wildman–Crippen MR) is 105 cm³/mol. The summed E-state index contributed by atoms with van der Waals surface area (Å²) in [5.41, 5.74) is 0.535. The molecular weight excluding hydrogens is 406 g/mol. The van der Waals surface area contributed by atoms with Crippen molar-refractivity contribution >= 4 is 44.5 Å². The molecule has 0 atom stereocenters. The number of unbranched alkanes of at least 4 members (excludes halogenated alkanes) is 1. The van der Waals surface area contributed by atoms with Crippen LogP contribution < -0.4 is 5.32 Å². The fourth-order valence-corrected chi connectivity index (χ4v) is 5.17. The molecular formula is C17H22BrN3OS2. The summed E-state index contributed by atoms with van der Waals surface area (Å²) in [5, 5.41) is 7.95. The Kier molecular flexibility index (Phi) is 6.43. The van der Waals surface area contributed by atoms with Crippen LogP contribution in [-0.2, 0) is 0 Å². The number of thiazole rings is 1. The molecule has 1 N–H and O–H groups in total. The molecule has 0 bridgehead atoms. The topological polar surface area (TPSA) is 45.2 Å². The van der Waals surface area contributed by atoms with Crippen LogP contribution >= 0.6 is 38.6 Å². The van der Waals surface area contributed by atoms with Crippen molar-refractivity contribution < 1.29 is 4.79 Å². The van der Waals surface area contributed by atoms with Gasteiger partial charge in [-0.3, -0.25) is 4.79 Å². The number of amides is 1. The van der Waals surface area contributed by atoms with Crippen molar-refractivity contribution in [2.24, 2.45) is 0 Å². The summed E-state index contributed by atoms with van der Waals surface area (Å²) < 4.78 is 1.05. The summed E-state index contributed by atoms with van der Waals surface area (Å²) in [6.45, 7) is 5.57. The number of carbonyl (C=O) groups is 1. The van der Waals surface area contributed by atoms with Crippen molar-refractivity contribution in [1.82, 2.24) is 15.2 Å². The molecule has 0 radical (unpaired) electrons. The highest BCUT2D eigenvalue weighted by Crippen LogP contribution is 2.32. The van der Waals surface area contributed by atoms with E-state index in [2.05, 4.69) is 38.1 Å². The zero-order valence-corrected chi connectivity index (χ0v) is 17.0. The number of halogens is 1. The Balaban J connectivity index is 1.52. The maximum atomic E-state index is 12.4. The number of hydrogen-bond acceptors (Lipinski definition) is 5. The van der Waals surface area contributed by atoms with E-state index in [9.17, 15) is 4.79 Å². The van der Waals surface area contributed by atoms with Crippen molar-refractivity contribution in [1.29, 1.82) is 0 Å². The number of hydrogen-bond donors (Lipinski definition) is 1. The molecule has 1 amide bonds. The van der Waals surface area contributed by atoms with Gasteiger partial charge in [0.05, 0.1) is 4.88 Å². The van der Waals surface area contributed by atoms with E-state index in [1.807, 2.05) is 16.8 Å². The molecule has 0 saturated carbocycles. The van der Waals surface area contributed by atoms with Crippen LogP contribution in [0.15, 0.2) is 21.3 Å². The van der Waals surface area contributed by atoms with E-state index in [-0.39, 0.29) is 11.9 Å². The number of piperidine rings is 1. The van der Waals surface area contributed by atoms with Crippen molar-refractivity contribution in [2.45, 2.75) is 38.6 Å². The average molecular weight is 428 g/mol. The molecule has 1 aliphatic rings. The van der Waals surface area contributed by atoms with Crippen LogP contribution in [0.25, 0.3) is 9.88 Å².